The van der Waals surface area contributed by atoms with E-state index in [1.54, 1.807) is 0 Å². The molecule has 1 saturated heterocycles. The Kier molecular flexibility index (Phi) is 1.64. The van der Waals surface area contributed by atoms with Crippen LogP contribution in [-0.2, 0) is 0 Å². The zero-order valence-electron chi connectivity index (χ0n) is 6.01. The minimum Gasteiger partial charge on any atom is -0.377 e. The van der Waals surface area contributed by atoms with Gasteiger partial charge in [0.05, 0.1) is 0 Å². The predicted octanol–water partition coefficient (Wildman–Crippen LogP) is -0.0286. The van der Waals surface area contributed by atoms with Crippen LogP contribution in [0.2, 0.25) is 0 Å². The highest BCUT2D eigenvalue weighted by Crippen LogP contribution is 2.28. The fraction of sp³-hybridized carbons (Fsp3) is 1.00. The monoisotopic (exact) mass is 142 g/mol. The lowest BCUT2D eigenvalue weighted by Gasteiger charge is -2.24. The van der Waals surface area contributed by atoms with Crippen LogP contribution in [0.4, 0.5) is 0 Å². The van der Waals surface area contributed by atoms with E-state index in [4.69, 9.17) is 0 Å². The van der Waals surface area contributed by atoms with Gasteiger partial charge >= 0.3 is 0 Å². The predicted molar refractivity (Wildman–Crippen MR) is 38.0 cm³/mol. The Labute approximate surface area is 60.8 Å². The van der Waals surface area contributed by atoms with Gasteiger partial charge < -0.3 is 5.11 Å². The normalized spacial score (nSPS) is 47.1. The molecule has 1 aliphatic carbocycles. The van der Waals surface area contributed by atoms with Crippen molar-refractivity contribution < 1.29 is 5.11 Å². The second-order valence-corrected chi connectivity index (χ2v) is 3.29. The van der Waals surface area contributed by atoms with Crippen molar-refractivity contribution in [3.63, 3.8) is 0 Å². The molecule has 3 heteroatoms. The third-order valence-electron chi connectivity index (χ3n) is 2.64. The molecule has 3 atom stereocenters. The van der Waals surface area contributed by atoms with Crippen molar-refractivity contribution in [3.8, 4) is 0 Å². The summed E-state index contributed by atoms with van der Waals surface area (Å²) < 4.78 is 0. The molecule has 3 unspecified atom stereocenters. The van der Waals surface area contributed by atoms with Gasteiger partial charge in [0, 0.05) is 12.0 Å². The molecule has 0 amide bonds. The molecular formula is C7H14N2O. The highest BCUT2D eigenvalue weighted by Gasteiger charge is 2.35. The lowest BCUT2D eigenvalue weighted by molar-refractivity contribution is 0.0936. The number of nitrogens with one attached hydrogen (secondary N) is 2. The van der Waals surface area contributed by atoms with E-state index >= 15 is 0 Å². The molecule has 10 heavy (non-hydrogen) atoms. The van der Waals surface area contributed by atoms with Crippen molar-refractivity contribution >= 4 is 0 Å². The van der Waals surface area contributed by atoms with Gasteiger partial charge in [0.15, 0.2) is 0 Å². The Morgan fingerprint density at radius 3 is 2.70 bits per heavy atom. The highest BCUT2D eigenvalue weighted by molar-refractivity contribution is 4.87. The summed E-state index contributed by atoms with van der Waals surface area (Å²) in [7, 11) is 0. The zero-order chi connectivity index (χ0) is 6.97. The van der Waals surface area contributed by atoms with Gasteiger partial charge in [-0.1, -0.05) is 12.8 Å². The molecule has 0 aromatic rings. The number of fused-ring (bicyclic) bond motifs is 1. The maximum absolute atomic E-state index is 9.35. The van der Waals surface area contributed by atoms with Gasteiger partial charge in [-0.15, -0.1) is 0 Å². The van der Waals surface area contributed by atoms with Crippen LogP contribution in [-0.4, -0.2) is 17.4 Å². The fourth-order valence-corrected chi connectivity index (χ4v) is 2.02. The number of hydrogen-bond acceptors (Lipinski definition) is 3. The summed E-state index contributed by atoms with van der Waals surface area (Å²) in [6, 6.07) is 0.531. The van der Waals surface area contributed by atoms with Gasteiger partial charge in [-0.25, -0.2) is 5.43 Å². The van der Waals surface area contributed by atoms with Gasteiger partial charge in [0.25, 0.3) is 0 Å². The molecule has 0 bridgehead atoms. The molecule has 3 N–H and O–H groups in total. The van der Waals surface area contributed by atoms with Crippen molar-refractivity contribution in [2.75, 3.05) is 0 Å². The van der Waals surface area contributed by atoms with E-state index < -0.39 is 0 Å². The second kappa shape index (κ2) is 2.49. The minimum atomic E-state index is -0.301. The molecule has 58 valence electrons. The van der Waals surface area contributed by atoms with Crippen LogP contribution in [0, 0.1) is 5.92 Å². The number of hydrazine groups is 1. The Morgan fingerprint density at radius 1 is 1.10 bits per heavy atom. The summed E-state index contributed by atoms with van der Waals surface area (Å²) in [5, 5.41) is 9.35. The molecule has 2 aliphatic rings. The average molecular weight is 142 g/mol. The number of hydrogen-bond donors (Lipinski definition) is 3. The van der Waals surface area contributed by atoms with Crippen LogP contribution in [0.5, 0.6) is 0 Å². The first-order valence-corrected chi connectivity index (χ1v) is 4.07. The lowest BCUT2D eigenvalue weighted by Crippen LogP contribution is -2.33. The summed E-state index contributed by atoms with van der Waals surface area (Å²) in [5.74, 6) is 0.466. The molecular weight excluding hydrogens is 128 g/mol. The van der Waals surface area contributed by atoms with E-state index in [0.29, 0.717) is 12.0 Å². The van der Waals surface area contributed by atoms with Crippen LogP contribution in [0.25, 0.3) is 0 Å². The van der Waals surface area contributed by atoms with Crippen molar-refractivity contribution in [1.82, 2.24) is 10.9 Å². The molecule has 1 heterocycles. The van der Waals surface area contributed by atoms with Gasteiger partial charge in [0.1, 0.15) is 6.23 Å². The molecule has 0 aromatic heterocycles. The largest absolute Gasteiger partial charge is 0.377 e. The van der Waals surface area contributed by atoms with Gasteiger partial charge in [-0.05, 0) is 12.8 Å². The second-order valence-electron chi connectivity index (χ2n) is 3.29. The van der Waals surface area contributed by atoms with E-state index in [2.05, 4.69) is 10.9 Å². The third kappa shape index (κ3) is 0.944. The van der Waals surface area contributed by atoms with E-state index in [9.17, 15) is 5.11 Å². The smallest absolute Gasteiger partial charge is 0.121 e. The van der Waals surface area contributed by atoms with Crippen molar-refractivity contribution in [2.45, 2.75) is 38.0 Å². The van der Waals surface area contributed by atoms with Crippen LogP contribution in [0.1, 0.15) is 25.7 Å². The molecule has 3 nitrogen and oxygen atoms in total. The van der Waals surface area contributed by atoms with Gasteiger partial charge in [-0.2, -0.15) is 0 Å². The third-order valence-corrected chi connectivity index (χ3v) is 2.64. The summed E-state index contributed by atoms with van der Waals surface area (Å²) in [4.78, 5) is 0. The molecule has 2 fully saturated rings. The van der Waals surface area contributed by atoms with E-state index in [-0.39, 0.29) is 6.23 Å². The van der Waals surface area contributed by atoms with Gasteiger partial charge in [-0.3, -0.25) is 5.43 Å². The lowest BCUT2D eigenvalue weighted by atomic mass is 9.85. The van der Waals surface area contributed by atoms with Crippen LogP contribution in [0.15, 0.2) is 0 Å². The summed E-state index contributed by atoms with van der Waals surface area (Å²) in [6.07, 6.45) is 4.68. The Bertz CT molecular complexity index is 127. The molecule has 0 radical (unpaired) electrons. The van der Waals surface area contributed by atoms with Crippen LogP contribution >= 0.6 is 0 Å². The maximum Gasteiger partial charge on any atom is 0.121 e. The molecule has 1 aliphatic heterocycles. The van der Waals surface area contributed by atoms with Crippen molar-refractivity contribution in [2.24, 2.45) is 5.92 Å². The Morgan fingerprint density at radius 2 is 1.90 bits per heavy atom. The maximum atomic E-state index is 9.35. The summed E-state index contributed by atoms with van der Waals surface area (Å²) in [5.41, 5.74) is 5.98. The highest BCUT2D eigenvalue weighted by atomic mass is 16.3. The Hall–Kier alpha value is -0.120. The molecule has 2 rings (SSSR count). The number of aliphatic hydroxyl groups is 1. The van der Waals surface area contributed by atoms with Crippen molar-refractivity contribution in [3.05, 3.63) is 0 Å². The minimum absolute atomic E-state index is 0.301. The summed E-state index contributed by atoms with van der Waals surface area (Å²) in [6.45, 7) is 0. The molecule has 1 saturated carbocycles. The standard InChI is InChI=1S/C7H14N2O/c10-7-5-3-1-2-4-6(5)8-9-7/h5-10H,1-4H2. The van der Waals surface area contributed by atoms with Gasteiger partial charge in [0.2, 0.25) is 0 Å². The van der Waals surface area contributed by atoms with Crippen LogP contribution in [0.3, 0.4) is 0 Å². The molecule has 0 spiro atoms. The first kappa shape index (κ1) is 6.58. The van der Waals surface area contributed by atoms with Crippen molar-refractivity contribution in [1.29, 1.82) is 0 Å². The van der Waals surface area contributed by atoms with E-state index in [0.717, 1.165) is 0 Å². The number of rotatable bonds is 0. The fourth-order valence-electron chi connectivity index (χ4n) is 2.02. The molecule has 0 aromatic carbocycles. The summed E-state index contributed by atoms with van der Waals surface area (Å²) >= 11 is 0. The van der Waals surface area contributed by atoms with E-state index in [1.807, 2.05) is 0 Å². The topological polar surface area (TPSA) is 44.3 Å². The number of aliphatic hydroxyl groups excluding tert-OH is 1. The average Bonchev–Trinajstić information content (AvgIpc) is 2.34. The first-order chi connectivity index (χ1) is 4.88. The zero-order valence-corrected chi connectivity index (χ0v) is 6.01. The van der Waals surface area contributed by atoms with Crippen LogP contribution < -0.4 is 10.9 Å². The van der Waals surface area contributed by atoms with E-state index in [1.165, 1.54) is 25.7 Å². The Balaban J connectivity index is 2.01. The quantitative estimate of drug-likeness (QED) is 0.445. The first-order valence-electron chi connectivity index (χ1n) is 4.07. The SMILES string of the molecule is OC1NNC2CCCCC12.